The van der Waals surface area contributed by atoms with E-state index in [1.54, 1.807) is 0 Å². The zero-order valence-corrected chi connectivity index (χ0v) is 15.0. The van der Waals surface area contributed by atoms with Gasteiger partial charge in [0.1, 0.15) is 6.04 Å². The number of methoxy groups -OCH3 is 1. The smallest absolute Gasteiger partial charge is 0.416 e. The number of aryl methyl sites for hydroxylation is 1. The molecule has 0 unspecified atom stereocenters. The maximum Gasteiger partial charge on any atom is 0.416 e. The van der Waals surface area contributed by atoms with Crippen molar-refractivity contribution in [1.82, 2.24) is 5.32 Å². The fourth-order valence-electron chi connectivity index (χ4n) is 2.54. The van der Waals surface area contributed by atoms with Gasteiger partial charge >= 0.3 is 12.1 Å². The molecule has 0 fully saturated rings. The molecule has 0 heterocycles. The van der Waals surface area contributed by atoms with Gasteiger partial charge in [0.05, 0.1) is 19.1 Å². The van der Waals surface area contributed by atoms with Crippen LogP contribution in [0.5, 0.6) is 0 Å². The number of ether oxygens (including phenoxy) is 1. The van der Waals surface area contributed by atoms with Crippen molar-refractivity contribution < 1.29 is 27.5 Å². The lowest BCUT2D eigenvalue weighted by Gasteiger charge is -2.17. The Hall–Kier alpha value is -2.83. The van der Waals surface area contributed by atoms with Gasteiger partial charge in [-0.05, 0) is 30.2 Å². The van der Waals surface area contributed by atoms with E-state index in [1.165, 1.54) is 19.2 Å². The van der Waals surface area contributed by atoms with Gasteiger partial charge in [0.25, 0.3) is 0 Å². The molecule has 0 saturated heterocycles. The van der Waals surface area contributed by atoms with Gasteiger partial charge in [0.2, 0.25) is 5.91 Å². The van der Waals surface area contributed by atoms with Crippen LogP contribution >= 0.6 is 0 Å². The molecule has 0 radical (unpaired) electrons. The molecule has 2 aromatic carbocycles. The minimum absolute atomic E-state index is 0.139. The van der Waals surface area contributed by atoms with Gasteiger partial charge in [-0.3, -0.25) is 4.79 Å². The molecule has 0 saturated carbocycles. The van der Waals surface area contributed by atoms with Crippen molar-refractivity contribution in [3.8, 4) is 0 Å². The third kappa shape index (κ3) is 6.13. The van der Waals surface area contributed by atoms with E-state index in [-0.39, 0.29) is 12.8 Å². The number of carbonyl (C=O) groups is 2. The van der Waals surface area contributed by atoms with Crippen LogP contribution in [0, 0.1) is 6.92 Å². The van der Waals surface area contributed by atoms with E-state index in [9.17, 15) is 22.8 Å². The van der Waals surface area contributed by atoms with Gasteiger partial charge in [-0.15, -0.1) is 0 Å². The lowest BCUT2D eigenvalue weighted by molar-refractivity contribution is -0.145. The standard InChI is InChI=1S/C20H20F3NO3/c1-13-3-5-14(6-4-13)11-17(19(26)27-2)24-18(25)12-15-7-9-16(10-8-15)20(21,22)23/h3-10,17H,11-12H2,1-2H3,(H,24,25)/t17-/m1/s1. The second kappa shape index (κ2) is 8.70. The minimum Gasteiger partial charge on any atom is -0.467 e. The molecule has 0 spiro atoms. The fraction of sp³-hybridized carbons (Fsp3) is 0.300. The Morgan fingerprint density at radius 3 is 2.07 bits per heavy atom. The van der Waals surface area contributed by atoms with Crippen molar-refractivity contribution in [2.45, 2.75) is 32.0 Å². The number of carbonyl (C=O) groups excluding carboxylic acids is 2. The molecule has 0 aliphatic carbocycles. The monoisotopic (exact) mass is 379 g/mol. The molecule has 4 nitrogen and oxygen atoms in total. The number of esters is 1. The van der Waals surface area contributed by atoms with Gasteiger partial charge < -0.3 is 10.1 Å². The lowest BCUT2D eigenvalue weighted by Crippen LogP contribution is -2.43. The fourth-order valence-corrected chi connectivity index (χ4v) is 2.54. The van der Waals surface area contributed by atoms with E-state index in [1.807, 2.05) is 31.2 Å². The van der Waals surface area contributed by atoms with Crippen LogP contribution in [-0.4, -0.2) is 25.0 Å². The highest BCUT2D eigenvalue weighted by atomic mass is 19.4. The number of benzene rings is 2. The minimum atomic E-state index is -4.43. The number of halogens is 3. The van der Waals surface area contributed by atoms with Gasteiger partial charge in [-0.2, -0.15) is 13.2 Å². The molecule has 144 valence electrons. The van der Waals surface area contributed by atoms with Gasteiger partial charge in [-0.1, -0.05) is 42.0 Å². The maximum atomic E-state index is 12.6. The van der Waals surface area contributed by atoms with Gasteiger partial charge in [0.15, 0.2) is 0 Å². The average Bonchev–Trinajstić information content (AvgIpc) is 2.62. The van der Waals surface area contributed by atoms with Crippen molar-refractivity contribution in [2.75, 3.05) is 7.11 Å². The van der Waals surface area contributed by atoms with Crippen LogP contribution in [0.3, 0.4) is 0 Å². The first-order valence-corrected chi connectivity index (χ1v) is 8.28. The van der Waals surface area contributed by atoms with Crippen LogP contribution in [0.15, 0.2) is 48.5 Å². The van der Waals surface area contributed by atoms with E-state index >= 15 is 0 Å². The first-order valence-electron chi connectivity index (χ1n) is 8.28. The SMILES string of the molecule is COC(=O)[C@@H](Cc1ccc(C)cc1)NC(=O)Cc1ccc(C(F)(F)F)cc1. The quantitative estimate of drug-likeness (QED) is 0.782. The highest BCUT2D eigenvalue weighted by Crippen LogP contribution is 2.29. The second-order valence-corrected chi connectivity index (χ2v) is 6.20. The average molecular weight is 379 g/mol. The molecular weight excluding hydrogens is 359 g/mol. The van der Waals surface area contributed by atoms with Crippen molar-refractivity contribution in [3.05, 3.63) is 70.8 Å². The Morgan fingerprint density at radius 1 is 1.00 bits per heavy atom. The summed E-state index contributed by atoms with van der Waals surface area (Å²) in [6.45, 7) is 1.94. The van der Waals surface area contributed by atoms with E-state index < -0.39 is 29.7 Å². The summed E-state index contributed by atoms with van der Waals surface area (Å²) in [4.78, 5) is 24.2. The predicted octanol–water partition coefficient (Wildman–Crippen LogP) is 3.46. The number of amides is 1. The summed E-state index contributed by atoms with van der Waals surface area (Å²) in [7, 11) is 1.23. The molecule has 1 N–H and O–H groups in total. The number of rotatable bonds is 6. The molecule has 27 heavy (non-hydrogen) atoms. The zero-order chi connectivity index (χ0) is 20.0. The Balaban J connectivity index is 2.02. The summed E-state index contributed by atoms with van der Waals surface area (Å²) in [5.41, 5.74) is 1.56. The number of hydrogen-bond acceptors (Lipinski definition) is 3. The van der Waals surface area contributed by atoms with Crippen LogP contribution in [0.4, 0.5) is 13.2 Å². The lowest BCUT2D eigenvalue weighted by atomic mass is 10.0. The summed E-state index contributed by atoms with van der Waals surface area (Å²) in [5.74, 6) is -1.06. The Kier molecular flexibility index (Phi) is 6.60. The number of alkyl halides is 3. The summed E-state index contributed by atoms with van der Waals surface area (Å²) < 4.78 is 42.5. The van der Waals surface area contributed by atoms with E-state index in [2.05, 4.69) is 5.32 Å². The first-order chi connectivity index (χ1) is 12.7. The van der Waals surface area contributed by atoms with Crippen molar-refractivity contribution in [3.63, 3.8) is 0 Å². The summed E-state index contributed by atoms with van der Waals surface area (Å²) in [6, 6.07) is 11.0. The van der Waals surface area contributed by atoms with Crippen LogP contribution in [0.25, 0.3) is 0 Å². The Morgan fingerprint density at radius 2 is 1.56 bits per heavy atom. The number of hydrogen-bond donors (Lipinski definition) is 1. The zero-order valence-electron chi connectivity index (χ0n) is 15.0. The molecule has 0 aliphatic rings. The molecule has 2 rings (SSSR count). The third-order valence-electron chi connectivity index (χ3n) is 4.03. The number of nitrogens with one attached hydrogen (secondary N) is 1. The van der Waals surface area contributed by atoms with E-state index in [0.717, 1.165) is 23.3 Å². The van der Waals surface area contributed by atoms with E-state index in [0.29, 0.717) is 5.56 Å². The maximum absolute atomic E-state index is 12.6. The van der Waals surface area contributed by atoms with Crippen molar-refractivity contribution in [1.29, 1.82) is 0 Å². The molecular formula is C20H20F3NO3. The van der Waals surface area contributed by atoms with Crippen molar-refractivity contribution >= 4 is 11.9 Å². The Labute approximate surface area is 155 Å². The van der Waals surface area contributed by atoms with Crippen LogP contribution in [-0.2, 0) is 33.3 Å². The predicted molar refractivity (Wildman–Crippen MR) is 94.0 cm³/mol. The normalized spacial score (nSPS) is 12.3. The summed E-state index contributed by atoms with van der Waals surface area (Å²) in [6.07, 6.45) is -4.31. The highest BCUT2D eigenvalue weighted by molar-refractivity contribution is 5.85. The first kappa shape index (κ1) is 20.5. The molecule has 7 heteroatoms. The van der Waals surface area contributed by atoms with Crippen molar-refractivity contribution in [2.24, 2.45) is 0 Å². The topological polar surface area (TPSA) is 55.4 Å². The molecule has 2 aromatic rings. The largest absolute Gasteiger partial charge is 0.467 e. The second-order valence-electron chi connectivity index (χ2n) is 6.20. The molecule has 1 atom stereocenters. The Bertz CT molecular complexity index is 784. The van der Waals surface area contributed by atoms with E-state index in [4.69, 9.17) is 4.74 Å². The summed E-state index contributed by atoms with van der Waals surface area (Å²) in [5, 5.41) is 2.59. The molecule has 0 aliphatic heterocycles. The van der Waals surface area contributed by atoms with Crippen LogP contribution in [0.1, 0.15) is 22.3 Å². The molecule has 0 bridgehead atoms. The molecule has 1 amide bonds. The van der Waals surface area contributed by atoms with Gasteiger partial charge in [-0.25, -0.2) is 4.79 Å². The third-order valence-corrected chi connectivity index (χ3v) is 4.03. The van der Waals surface area contributed by atoms with Gasteiger partial charge in [0, 0.05) is 6.42 Å². The summed E-state index contributed by atoms with van der Waals surface area (Å²) >= 11 is 0. The van der Waals surface area contributed by atoms with Crippen LogP contribution < -0.4 is 5.32 Å². The van der Waals surface area contributed by atoms with Crippen LogP contribution in [0.2, 0.25) is 0 Å². The molecule has 0 aromatic heterocycles. The highest BCUT2D eigenvalue weighted by Gasteiger charge is 2.30.